The smallest absolute Gasteiger partial charge is 0.360 e. The molecule has 1 aromatic heterocycles. The Bertz CT molecular complexity index is 658. The first-order chi connectivity index (χ1) is 9.89. The van der Waals surface area contributed by atoms with Gasteiger partial charge in [-0.2, -0.15) is 13.5 Å². The van der Waals surface area contributed by atoms with Crippen LogP contribution in [0.15, 0.2) is 10.6 Å². The molecule has 11 heteroatoms. The number of rotatable bonds is 4. The summed E-state index contributed by atoms with van der Waals surface area (Å²) in [6.07, 6.45) is 1.10. The largest absolute Gasteiger partial charge is 0.418 e. The van der Waals surface area contributed by atoms with Crippen molar-refractivity contribution in [3.8, 4) is 0 Å². The zero-order chi connectivity index (χ0) is 15.2. The standard InChI is InChI=1S/C10H14N4O6S/c11-4-7-3-8(12-19-7)9-2-1-6-5-13(9)10(15)14(6)20-21(16,17)18/h3,6,9H,1-2,4-5,11H2,(H,16,17,18)/t6?,9-/m0/s1. The summed E-state index contributed by atoms with van der Waals surface area (Å²) in [5, 5.41) is 4.58. The summed E-state index contributed by atoms with van der Waals surface area (Å²) in [4.78, 5) is 13.6. The van der Waals surface area contributed by atoms with Gasteiger partial charge in [0.05, 0.1) is 18.6 Å². The van der Waals surface area contributed by atoms with Crippen LogP contribution in [0, 0.1) is 0 Å². The lowest BCUT2D eigenvalue weighted by molar-refractivity contribution is -0.0317. The molecule has 10 nitrogen and oxygen atoms in total. The predicted octanol–water partition coefficient (Wildman–Crippen LogP) is -0.191. The van der Waals surface area contributed by atoms with Gasteiger partial charge in [-0.1, -0.05) is 5.16 Å². The van der Waals surface area contributed by atoms with Crippen LogP contribution >= 0.6 is 0 Å². The summed E-state index contributed by atoms with van der Waals surface area (Å²) in [6, 6.07) is 0.298. The molecule has 3 rings (SSSR count). The van der Waals surface area contributed by atoms with Crippen molar-refractivity contribution in [2.24, 2.45) is 5.73 Å². The highest BCUT2D eigenvalue weighted by Crippen LogP contribution is 2.38. The van der Waals surface area contributed by atoms with Gasteiger partial charge in [0.1, 0.15) is 5.69 Å². The Balaban J connectivity index is 1.82. The number of nitrogens with zero attached hydrogens (tertiary/aromatic N) is 3. The fourth-order valence-electron chi connectivity index (χ4n) is 2.72. The molecule has 0 spiro atoms. The minimum atomic E-state index is -4.73. The van der Waals surface area contributed by atoms with Crippen molar-refractivity contribution in [2.45, 2.75) is 31.5 Å². The number of fused-ring (bicyclic) bond motifs is 2. The average Bonchev–Trinajstić information content (AvgIpc) is 2.98. The van der Waals surface area contributed by atoms with Crippen LogP contribution in [0.25, 0.3) is 0 Å². The van der Waals surface area contributed by atoms with E-state index in [1.807, 2.05) is 0 Å². The van der Waals surface area contributed by atoms with E-state index >= 15 is 0 Å². The van der Waals surface area contributed by atoms with Crippen LogP contribution in [0.1, 0.15) is 30.3 Å². The van der Waals surface area contributed by atoms with Crippen molar-refractivity contribution in [1.82, 2.24) is 15.1 Å². The van der Waals surface area contributed by atoms with E-state index in [1.165, 1.54) is 4.90 Å². The third-order valence-electron chi connectivity index (χ3n) is 3.62. The van der Waals surface area contributed by atoms with Gasteiger partial charge < -0.3 is 15.2 Å². The summed E-state index contributed by atoms with van der Waals surface area (Å²) < 4.78 is 39.7. The highest BCUT2D eigenvalue weighted by molar-refractivity contribution is 7.80. The molecule has 2 aliphatic heterocycles. The Labute approximate surface area is 120 Å². The number of carbonyl (C=O) groups is 1. The van der Waals surface area contributed by atoms with Crippen molar-refractivity contribution in [3.63, 3.8) is 0 Å². The van der Waals surface area contributed by atoms with Gasteiger partial charge in [0.25, 0.3) is 0 Å². The molecular formula is C10H14N4O6S. The number of amides is 2. The number of hydrogen-bond acceptors (Lipinski definition) is 7. The summed E-state index contributed by atoms with van der Waals surface area (Å²) in [5.74, 6) is 0.504. The van der Waals surface area contributed by atoms with Gasteiger partial charge in [-0.25, -0.2) is 4.79 Å². The third-order valence-corrected chi connectivity index (χ3v) is 3.97. The molecule has 2 bridgehead atoms. The summed E-state index contributed by atoms with van der Waals surface area (Å²) in [5.41, 5.74) is 6.02. The first-order valence-corrected chi connectivity index (χ1v) is 7.68. The van der Waals surface area contributed by atoms with Gasteiger partial charge >= 0.3 is 16.4 Å². The fourth-order valence-corrected chi connectivity index (χ4v) is 3.11. The molecule has 21 heavy (non-hydrogen) atoms. The summed E-state index contributed by atoms with van der Waals surface area (Å²) in [7, 11) is -4.73. The zero-order valence-electron chi connectivity index (χ0n) is 10.9. The molecule has 0 saturated carbocycles. The molecule has 0 aliphatic carbocycles. The SMILES string of the molecule is NCc1cc([C@@H]2CCC3CN2C(=O)N3OS(=O)(=O)O)no1. The van der Waals surface area contributed by atoms with Crippen LogP contribution in [0.4, 0.5) is 4.79 Å². The van der Waals surface area contributed by atoms with Gasteiger partial charge in [0, 0.05) is 12.6 Å². The number of hydroxylamine groups is 2. The van der Waals surface area contributed by atoms with Gasteiger partial charge in [0.15, 0.2) is 5.76 Å². The molecule has 1 aromatic rings. The molecule has 1 unspecified atom stereocenters. The van der Waals surface area contributed by atoms with Gasteiger partial charge in [-0.3, -0.25) is 4.55 Å². The average molecular weight is 318 g/mol. The molecule has 0 radical (unpaired) electrons. The first kappa shape index (κ1) is 14.3. The lowest BCUT2D eigenvalue weighted by Gasteiger charge is -2.28. The van der Waals surface area contributed by atoms with Gasteiger partial charge in [0.2, 0.25) is 0 Å². The normalized spacial score (nSPS) is 25.7. The van der Waals surface area contributed by atoms with E-state index in [-0.39, 0.29) is 12.6 Å². The molecule has 2 atom stereocenters. The Morgan fingerprint density at radius 2 is 2.29 bits per heavy atom. The molecule has 2 saturated heterocycles. The lowest BCUT2D eigenvalue weighted by Crippen LogP contribution is -2.35. The first-order valence-electron chi connectivity index (χ1n) is 6.31. The van der Waals surface area contributed by atoms with Crippen LogP contribution in [-0.2, 0) is 21.2 Å². The molecule has 3 N–H and O–H groups in total. The minimum Gasteiger partial charge on any atom is -0.360 e. The molecule has 116 valence electrons. The number of hydrogen-bond donors (Lipinski definition) is 2. The molecule has 2 fully saturated rings. The number of piperidine rings is 1. The van der Waals surface area contributed by atoms with E-state index in [4.69, 9.17) is 14.8 Å². The van der Waals surface area contributed by atoms with E-state index in [1.54, 1.807) is 6.07 Å². The maximum absolute atomic E-state index is 12.2. The number of nitrogens with two attached hydrogens (primary N) is 1. The van der Waals surface area contributed by atoms with Crippen LogP contribution in [0.2, 0.25) is 0 Å². The molecule has 3 heterocycles. The van der Waals surface area contributed by atoms with E-state index in [0.29, 0.717) is 35.9 Å². The number of carbonyl (C=O) groups excluding carboxylic acids is 1. The van der Waals surface area contributed by atoms with Crippen LogP contribution < -0.4 is 5.73 Å². The van der Waals surface area contributed by atoms with E-state index < -0.39 is 22.5 Å². The Morgan fingerprint density at radius 3 is 2.90 bits per heavy atom. The Morgan fingerprint density at radius 1 is 1.52 bits per heavy atom. The van der Waals surface area contributed by atoms with Gasteiger partial charge in [-0.05, 0) is 12.8 Å². The van der Waals surface area contributed by atoms with Crippen LogP contribution in [-0.4, -0.2) is 46.7 Å². The van der Waals surface area contributed by atoms with Crippen molar-refractivity contribution < 1.29 is 26.6 Å². The summed E-state index contributed by atoms with van der Waals surface area (Å²) in [6.45, 7) is 0.498. The quantitative estimate of drug-likeness (QED) is 0.728. The molecular weight excluding hydrogens is 304 g/mol. The Kier molecular flexibility index (Phi) is 3.36. The van der Waals surface area contributed by atoms with E-state index in [9.17, 15) is 13.2 Å². The number of urea groups is 1. The monoisotopic (exact) mass is 318 g/mol. The van der Waals surface area contributed by atoms with Crippen molar-refractivity contribution in [3.05, 3.63) is 17.5 Å². The number of aromatic nitrogens is 1. The van der Waals surface area contributed by atoms with Crippen LogP contribution in [0.5, 0.6) is 0 Å². The minimum absolute atomic E-state index is 0.203. The van der Waals surface area contributed by atoms with E-state index in [2.05, 4.69) is 9.44 Å². The third kappa shape index (κ3) is 2.60. The highest BCUT2D eigenvalue weighted by Gasteiger charge is 2.48. The molecule has 2 amide bonds. The van der Waals surface area contributed by atoms with Crippen molar-refractivity contribution in [1.29, 1.82) is 0 Å². The Hall–Kier alpha value is -1.69. The fraction of sp³-hybridized carbons (Fsp3) is 0.600. The second kappa shape index (κ2) is 4.94. The second-order valence-electron chi connectivity index (χ2n) is 4.93. The van der Waals surface area contributed by atoms with Crippen molar-refractivity contribution >= 4 is 16.4 Å². The second-order valence-corrected chi connectivity index (χ2v) is 5.94. The summed E-state index contributed by atoms with van der Waals surface area (Å²) >= 11 is 0. The van der Waals surface area contributed by atoms with E-state index in [0.717, 1.165) is 0 Å². The molecule has 0 aromatic carbocycles. The zero-order valence-corrected chi connectivity index (χ0v) is 11.7. The lowest BCUT2D eigenvalue weighted by atomic mass is 9.98. The maximum atomic E-state index is 12.2. The van der Waals surface area contributed by atoms with Gasteiger partial charge in [-0.15, -0.1) is 4.28 Å². The molecule has 2 aliphatic rings. The predicted molar refractivity (Wildman–Crippen MR) is 66.7 cm³/mol. The van der Waals surface area contributed by atoms with Crippen molar-refractivity contribution in [2.75, 3.05) is 6.54 Å². The highest BCUT2D eigenvalue weighted by atomic mass is 32.3. The maximum Gasteiger partial charge on any atom is 0.418 e. The van der Waals surface area contributed by atoms with Crippen LogP contribution in [0.3, 0.4) is 0 Å². The topological polar surface area (TPSA) is 139 Å².